The molecule has 3 amide bonds. The largest absolute Gasteiger partial charge is 0.416 e. The molecule has 2 N–H and O–H groups in total. The Morgan fingerprint density at radius 3 is 2.38 bits per heavy atom. The standard InChI is InChI=1S/C26H32F3N5O3/c27-26(28,29)22-4-2-1-3-20(22)18-7-11-33(16-18)24(36)21-15-31-34(23(21)17-5-6-17)19-8-12-32(13-9-19)25(37)30-10-14-35/h1-4,15,17-19,35H,5-14,16H2,(H,30,37)/t18-/m1/s1. The number of likely N-dealkylation sites (tertiary alicyclic amines) is 2. The summed E-state index contributed by atoms with van der Waals surface area (Å²) in [6, 6.07) is 5.52. The number of benzene rings is 1. The molecule has 2 saturated heterocycles. The van der Waals surface area contributed by atoms with Gasteiger partial charge in [-0.1, -0.05) is 18.2 Å². The van der Waals surface area contributed by atoms with Crippen molar-refractivity contribution in [3.05, 3.63) is 52.8 Å². The summed E-state index contributed by atoms with van der Waals surface area (Å²) in [5.74, 6) is -0.264. The van der Waals surface area contributed by atoms with E-state index in [1.54, 1.807) is 22.1 Å². The summed E-state index contributed by atoms with van der Waals surface area (Å²) in [6.07, 6.45) is 1.06. The van der Waals surface area contributed by atoms with Crippen LogP contribution < -0.4 is 5.32 Å². The first-order valence-electron chi connectivity index (χ1n) is 12.9. The Morgan fingerprint density at radius 2 is 1.70 bits per heavy atom. The summed E-state index contributed by atoms with van der Waals surface area (Å²) >= 11 is 0. The number of nitrogens with one attached hydrogen (secondary N) is 1. The molecular formula is C26H32F3N5O3. The Kier molecular flexibility index (Phi) is 7.15. The summed E-state index contributed by atoms with van der Waals surface area (Å²) in [5, 5.41) is 16.2. The summed E-state index contributed by atoms with van der Waals surface area (Å²) in [7, 11) is 0. The zero-order valence-corrected chi connectivity index (χ0v) is 20.6. The Hall–Kier alpha value is -3.08. The molecule has 37 heavy (non-hydrogen) atoms. The van der Waals surface area contributed by atoms with Gasteiger partial charge in [0, 0.05) is 44.6 Å². The Balaban J connectivity index is 1.29. The van der Waals surface area contributed by atoms with E-state index in [0.29, 0.717) is 44.5 Å². The van der Waals surface area contributed by atoms with Crippen molar-refractivity contribution in [2.24, 2.45) is 0 Å². The number of aliphatic hydroxyl groups is 1. The van der Waals surface area contributed by atoms with Crippen LogP contribution in [0.2, 0.25) is 0 Å². The lowest BCUT2D eigenvalue weighted by Crippen LogP contribution is -2.45. The highest BCUT2D eigenvalue weighted by Crippen LogP contribution is 2.44. The van der Waals surface area contributed by atoms with Gasteiger partial charge in [-0.25, -0.2) is 4.79 Å². The van der Waals surface area contributed by atoms with Crippen LogP contribution in [0.5, 0.6) is 0 Å². The third kappa shape index (κ3) is 5.32. The zero-order chi connectivity index (χ0) is 26.2. The number of aliphatic hydroxyl groups excluding tert-OH is 1. The number of carbonyl (C=O) groups excluding carboxylic acids is 2. The van der Waals surface area contributed by atoms with E-state index < -0.39 is 11.7 Å². The van der Waals surface area contributed by atoms with E-state index in [9.17, 15) is 22.8 Å². The maximum Gasteiger partial charge on any atom is 0.416 e. The van der Waals surface area contributed by atoms with Crippen LogP contribution in [0.4, 0.5) is 18.0 Å². The lowest BCUT2D eigenvalue weighted by Gasteiger charge is -2.33. The van der Waals surface area contributed by atoms with Gasteiger partial charge in [0.05, 0.1) is 35.7 Å². The van der Waals surface area contributed by atoms with Crippen molar-refractivity contribution in [2.75, 3.05) is 39.3 Å². The predicted octanol–water partition coefficient (Wildman–Crippen LogP) is 3.75. The van der Waals surface area contributed by atoms with Gasteiger partial charge >= 0.3 is 12.2 Å². The average Bonchev–Trinajstić information content (AvgIpc) is 3.44. The van der Waals surface area contributed by atoms with Gasteiger partial charge in [-0.3, -0.25) is 9.48 Å². The molecule has 3 heterocycles. The van der Waals surface area contributed by atoms with Gasteiger partial charge in [-0.2, -0.15) is 18.3 Å². The second kappa shape index (κ2) is 10.4. The van der Waals surface area contributed by atoms with Gasteiger partial charge in [0.25, 0.3) is 5.91 Å². The van der Waals surface area contributed by atoms with Crippen molar-refractivity contribution in [1.82, 2.24) is 24.9 Å². The first-order valence-corrected chi connectivity index (χ1v) is 12.9. The van der Waals surface area contributed by atoms with Crippen molar-refractivity contribution in [2.45, 2.75) is 56.2 Å². The molecule has 0 unspecified atom stereocenters. The number of rotatable bonds is 6. The molecule has 1 atom stereocenters. The first kappa shape index (κ1) is 25.6. The number of hydrogen-bond acceptors (Lipinski definition) is 4. The second-order valence-electron chi connectivity index (χ2n) is 10.2. The molecule has 1 aromatic carbocycles. The van der Waals surface area contributed by atoms with Crippen LogP contribution in [0, 0.1) is 0 Å². The third-order valence-electron chi connectivity index (χ3n) is 7.70. The maximum atomic E-state index is 13.6. The normalized spacial score (nSPS) is 20.9. The Bertz CT molecular complexity index is 1140. The SMILES string of the molecule is O=C(NCCO)N1CCC(n2ncc(C(=O)N3CC[C@@H](c4ccccc4C(F)(F)F)C3)c2C2CC2)CC1. The fourth-order valence-electron chi connectivity index (χ4n) is 5.66. The lowest BCUT2D eigenvalue weighted by atomic mass is 9.93. The Morgan fingerprint density at radius 1 is 1.00 bits per heavy atom. The molecule has 200 valence electrons. The molecule has 0 radical (unpaired) electrons. The predicted molar refractivity (Wildman–Crippen MR) is 129 cm³/mol. The van der Waals surface area contributed by atoms with Crippen LogP contribution in [-0.4, -0.2) is 76.0 Å². The highest BCUT2D eigenvalue weighted by atomic mass is 19.4. The molecule has 0 bridgehead atoms. The fraction of sp³-hybridized carbons (Fsp3) is 0.577. The molecule has 1 aromatic heterocycles. The minimum Gasteiger partial charge on any atom is -0.395 e. The number of nitrogens with zero attached hydrogens (tertiary/aromatic N) is 4. The molecule has 11 heteroatoms. The Labute approximate surface area is 213 Å². The van der Waals surface area contributed by atoms with Crippen molar-refractivity contribution in [3.8, 4) is 0 Å². The molecule has 1 saturated carbocycles. The van der Waals surface area contributed by atoms with Crippen LogP contribution in [0.15, 0.2) is 30.5 Å². The van der Waals surface area contributed by atoms with Gasteiger partial charge in [0.15, 0.2) is 0 Å². The van der Waals surface area contributed by atoms with Crippen molar-refractivity contribution >= 4 is 11.9 Å². The van der Waals surface area contributed by atoms with E-state index >= 15 is 0 Å². The van der Waals surface area contributed by atoms with Crippen LogP contribution in [-0.2, 0) is 6.18 Å². The number of carbonyl (C=O) groups is 2. The first-order chi connectivity index (χ1) is 17.8. The van der Waals surface area contributed by atoms with Gasteiger partial charge in [-0.15, -0.1) is 0 Å². The van der Waals surface area contributed by atoms with Crippen LogP contribution in [0.1, 0.15) is 77.2 Å². The van der Waals surface area contributed by atoms with Gasteiger partial charge in [0.1, 0.15) is 0 Å². The molecule has 3 aliphatic rings. The second-order valence-corrected chi connectivity index (χ2v) is 10.2. The van der Waals surface area contributed by atoms with Gasteiger partial charge in [0.2, 0.25) is 0 Å². The van der Waals surface area contributed by atoms with Gasteiger partial charge in [-0.05, 0) is 43.7 Å². The minimum atomic E-state index is -4.43. The van der Waals surface area contributed by atoms with Crippen LogP contribution in [0.25, 0.3) is 0 Å². The average molecular weight is 520 g/mol. The summed E-state index contributed by atoms with van der Waals surface area (Å²) in [4.78, 5) is 29.2. The molecule has 5 rings (SSSR count). The van der Waals surface area contributed by atoms with E-state index in [1.165, 1.54) is 12.1 Å². The van der Waals surface area contributed by atoms with Gasteiger partial charge < -0.3 is 20.2 Å². The third-order valence-corrected chi connectivity index (χ3v) is 7.70. The van der Waals surface area contributed by atoms with E-state index in [4.69, 9.17) is 5.11 Å². The number of piperidine rings is 1. The van der Waals surface area contributed by atoms with E-state index in [-0.39, 0.29) is 55.1 Å². The highest BCUT2D eigenvalue weighted by molar-refractivity contribution is 5.95. The van der Waals surface area contributed by atoms with Crippen LogP contribution >= 0.6 is 0 Å². The number of urea groups is 1. The van der Waals surface area contributed by atoms with E-state index in [1.807, 2.05) is 4.68 Å². The number of amides is 3. The van der Waals surface area contributed by atoms with Crippen molar-refractivity contribution in [3.63, 3.8) is 0 Å². The van der Waals surface area contributed by atoms with Crippen LogP contribution in [0.3, 0.4) is 0 Å². The van der Waals surface area contributed by atoms with Crippen molar-refractivity contribution < 1.29 is 27.9 Å². The topological polar surface area (TPSA) is 90.7 Å². The molecule has 3 fully saturated rings. The number of alkyl halides is 3. The highest BCUT2D eigenvalue weighted by Gasteiger charge is 2.40. The summed E-state index contributed by atoms with van der Waals surface area (Å²) < 4.78 is 42.6. The quantitative estimate of drug-likeness (QED) is 0.608. The monoisotopic (exact) mass is 519 g/mol. The molecular weight excluding hydrogens is 487 g/mol. The molecule has 2 aromatic rings. The molecule has 2 aliphatic heterocycles. The molecule has 8 nitrogen and oxygen atoms in total. The van der Waals surface area contributed by atoms with Crippen molar-refractivity contribution in [1.29, 1.82) is 0 Å². The smallest absolute Gasteiger partial charge is 0.395 e. The number of halogens is 3. The lowest BCUT2D eigenvalue weighted by molar-refractivity contribution is -0.138. The maximum absolute atomic E-state index is 13.6. The van der Waals surface area contributed by atoms with E-state index in [0.717, 1.165) is 24.6 Å². The minimum absolute atomic E-state index is 0.0732. The molecule has 0 spiro atoms. The van der Waals surface area contributed by atoms with E-state index in [2.05, 4.69) is 10.4 Å². The number of hydrogen-bond donors (Lipinski definition) is 2. The zero-order valence-electron chi connectivity index (χ0n) is 20.6. The fourth-order valence-corrected chi connectivity index (χ4v) is 5.66. The molecule has 1 aliphatic carbocycles. The number of aromatic nitrogens is 2. The summed E-state index contributed by atoms with van der Waals surface area (Å²) in [5.41, 5.74) is 1.10. The summed E-state index contributed by atoms with van der Waals surface area (Å²) in [6.45, 7) is 1.88.